The van der Waals surface area contributed by atoms with Gasteiger partial charge in [-0.1, -0.05) is 32.6 Å². The van der Waals surface area contributed by atoms with Crippen LogP contribution in [-0.4, -0.2) is 0 Å². The molecule has 0 N–H and O–H groups in total. The van der Waals surface area contributed by atoms with E-state index in [9.17, 15) is 4.39 Å². The van der Waals surface area contributed by atoms with Crippen molar-refractivity contribution in [3.8, 4) is 0 Å². The first kappa shape index (κ1) is 11.2. The third-order valence-corrected chi connectivity index (χ3v) is 1.97. The lowest BCUT2D eigenvalue weighted by Crippen LogP contribution is -1.94. The predicted octanol–water partition coefficient (Wildman–Crippen LogP) is 4.02. The van der Waals surface area contributed by atoms with Gasteiger partial charge in [-0.25, -0.2) is 4.39 Å². The Morgan fingerprint density at radius 2 is 2.08 bits per heavy atom. The molecule has 0 aliphatic carbocycles. The molecule has 0 rings (SSSR count). The van der Waals surface area contributed by atoms with Crippen LogP contribution in [0.4, 0.5) is 4.39 Å². The maximum atomic E-state index is 12.3. The van der Waals surface area contributed by atoms with Gasteiger partial charge in [-0.15, -0.1) is 0 Å². The van der Waals surface area contributed by atoms with Crippen molar-refractivity contribution in [2.24, 2.45) is 5.92 Å². The monoisotopic (exact) mass is 168 g/mol. The summed E-state index contributed by atoms with van der Waals surface area (Å²) in [5.41, 5.74) is 1.16. The van der Waals surface area contributed by atoms with Crippen LogP contribution in [0, 0.1) is 5.92 Å². The minimum Gasteiger partial charge on any atom is -0.208 e. The Kier molecular flexibility index (Phi) is 5.35. The van der Waals surface area contributed by atoms with E-state index in [0.29, 0.717) is 5.92 Å². The molecule has 0 aromatic carbocycles. The fourth-order valence-corrected chi connectivity index (χ4v) is 0.967. The predicted molar refractivity (Wildman–Crippen MR) is 52.6 cm³/mol. The lowest BCUT2D eigenvalue weighted by atomic mass is 9.98. The Morgan fingerprint density at radius 1 is 1.50 bits per heavy atom. The maximum Gasteiger partial charge on any atom is 0.116 e. The average molecular weight is 168 g/mol. The Bertz CT molecular complexity index is 199. The molecule has 0 aromatic heterocycles. The Morgan fingerprint density at radius 3 is 2.42 bits per heavy atom. The van der Waals surface area contributed by atoms with Gasteiger partial charge in [0.1, 0.15) is 5.83 Å². The fourth-order valence-electron chi connectivity index (χ4n) is 0.967. The van der Waals surface area contributed by atoms with Crippen LogP contribution in [0.15, 0.2) is 36.2 Å². The molecule has 1 heteroatoms. The summed E-state index contributed by atoms with van der Waals surface area (Å²) in [7, 11) is 0. The summed E-state index contributed by atoms with van der Waals surface area (Å²) in [6, 6.07) is 0. The van der Waals surface area contributed by atoms with Crippen molar-refractivity contribution in [2.45, 2.75) is 27.2 Å². The molecule has 1 unspecified atom stereocenters. The zero-order chi connectivity index (χ0) is 9.56. The SMILES string of the molecule is C=C(F)/C=C\C(=C/C)C(C)CC. The zero-order valence-corrected chi connectivity index (χ0v) is 8.10. The van der Waals surface area contributed by atoms with E-state index in [2.05, 4.69) is 20.4 Å². The highest BCUT2D eigenvalue weighted by molar-refractivity contribution is 5.24. The van der Waals surface area contributed by atoms with E-state index in [4.69, 9.17) is 0 Å². The van der Waals surface area contributed by atoms with Gasteiger partial charge < -0.3 is 0 Å². The molecule has 0 saturated heterocycles. The molecule has 0 nitrogen and oxygen atoms in total. The molecule has 0 aromatic rings. The van der Waals surface area contributed by atoms with Crippen molar-refractivity contribution >= 4 is 0 Å². The van der Waals surface area contributed by atoms with Crippen molar-refractivity contribution in [2.75, 3.05) is 0 Å². The molecule has 0 saturated carbocycles. The second-order valence-electron chi connectivity index (χ2n) is 2.88. The van der Waals surface area contributed by atoms with Crippen molar-refractivity contribution in [3.63, 3.8) is 0 Å². The second-order valence-corrected chi connectivity index (χ2v) is 2.88. The Labute approximate surface area is 74.5 Å². The first-order valence-corrected chi connectivity index (χ1v) is 4.30. The maximum absolute atomic E-state index is 12.3. The van der Waals surface area contributed by atoms with E-state index in [-0.39, 0.29) is 0 Å². The first-order chi connectivity index (χ1) is 5.61. The van der Waals surface area contributed by atoms with E-state index in [1.807, 2.05) is 13.0 Å². The lowest BCUT2D eigenvalue weighted by Gasteiger charge is -2.08. The Hall–Kier alpha value is -0.850. The standard InChI is InChI=1S/C11H17F/c1-5-9(3)11(6-2)8-7-10(4)12/h6-9H,4-5H2,1-3H3/b8-7-,11-6+. The third-order valence-electron chi connectivity index (χ3n) is 1.97. The van der Waals surface area contributed by atoms with E-state index >= 15 is 0 Å². The van der Waals surface area contributed by atoms with Gasteiger partial charge in [-0.3, -0.25) is 0 Å². The summed E-state index contributed by atoms with van der Waals surface area (Å²) in [6.07, 6.45) is 6.27. The van der Waals surface area contributed by atoms with Crippen LogP contribution in [0.25, 0.3) is 0 Å². The zero-order valence-electron chi connectivity index (χ0n) is 8.10. The van der Waals surface area contributed by atoms with Crippen molar-refractivity contribution in [1.82, 2.24) is 0 Å². The fraction of sp³-hybridized carbons (Fsp3) is 0.455. The van der Waals surface area contributed by atoms with Crippen LogP contribution in [0.5, 0.6) is 0 Å². The summed E-state index contributed by atoms with van der Waals surface area (Å²) >= 11 is 0. The number of hydrogen-bond acceptors (Lipinski definition) is 0. The molecule has 0 fully saturated rings. The van der Waals surface area contributed by atoms with E-state index in [1.54, 1.807) is 6.08 Å². The van der Waals surface area contributed by atoms with Crippen LogP contribution < -0.4 is 0 Å². The lowest BCUT2D eigenvalue weighted by molar-refractivity contribution is 0.660. The first-order valence-electron chi connectivity index (χ1n) is 4.30. The van der Waals surface area contributed by atoms with Gasteiger partial charge in [0.15, 0.2) is 0 Å². The molecular formula is C11H17F. The highest BCUT2D eigenvalue weighted by atomic mass is 19.1. The largest absolute Gasteiger partial charge is 0.208 e. The minimum absolute atomic E-state index is 0.391. The highest BCUT2D eigenvalue weighted by Crippen LogP contribution is 2.15. The summed E-state index contributed by atoms with van der Waals surface area (Å²) in [4.78, 5) is 0. The second kappa shape index (κ2) is 5.76. The van der Waals surface area contributed by atoms with E-state index in [0.717, 1.165) is 12.0 Å². The number of rotatable bonds is 4. The van der Waals surface area contributed by atoms with Gasteiger partial charge in [0.2, 0.25) is 0 Å². The smallest absolute Gasteiger partial charge is 0.116 e. The van der Waals surface area contributed by atoms with Crippen LogP contribution in [-0.2, 0) is 0 Å². The van der Waals surface area contributed by atoms with Gasteiger partial charge in [-0.05, 0) is 30.9 Å². The number of halogens is 1. The van der Waals surface area contributed by atoms with Crippen LogP contribution >= 0.6 is 0 Å². The van der Waals surface area contributed by atoms with Crippen molar-refractivity contribution in [3.05, 3.63) is 36.2 Å². The quantitative estimate of drug-likeness (QED) is 0.556. The van der Waals surface area contributed by atoms with Crippen LogP contribution in [0.2, 0.25) is 0 Å². The van der Waals surface area contributed by atoms with Crippen molar-refractivity contribution < 1.29 is 4.39 Å². The molecule has 0 heterocycles. The molecule has 0 aliphatic heterocycles. The highest BCUT2D eigenvalue weighted by Gasteiger charge is 2.00. The summed E-state index contributed by atoms with van der Waals surface area (Å²) in [5, 5.41) is 0. The molecule has 68 valence electrons. The molecule has 0 radical (unpaired) electrons. The van der Waals surface area contributed by atoms with E-state index in [1.165, 1.54) is 6.08 Å². The van der Waals surface area contributed by atoms with Gasteiger partial charge in [0, 0.05) is 0 Å². The van der Waals surface area contributed by atoms with Crippen LogP contribution in [0.1, 0.15) is 27.2 Å². The minimum atomic E-state index is -0.391. The Balaban J connectivity index is 4.29. The van der Waals surface area contributed by atoms with Gasteiger partial charge in [0.25, 0.3) is 0 Å². The summed E-state index contributed by atoms with van der Waals surface area (Å²) in [5.74, 6) is 0.100. The van der Waals surface area contributed by atoms with E-state index < -0.39 is 5.83 Å². The molecular weight excluding hydrogens is 151 g/mol. The summed E-state index contributed by atoms with van der Waals surface area (Å²) in [6.45, 7) is 9.37. The molecule has 0 aliphatic rings. The van der Waals surface area contributed by atoms with Crippen molar-refractivity contribution in [1.29, 1.82) is 0 Å². The van der Waals surface area contributed by atoms with Crippen LogP contribution in [0.3, 0.4) is 0 Å². The van der Waals surface area contributed by atoms with Gasteiger partial charge >= 0.3 is 0 Å². The summed E-state index contributed by atoms with van der Waals surface area (Å²) < 4.78 is 12.3. The topological polar surface area (TPSA) is 0 Å². The molecule has 0 spiro atoms. The molecule has 0 bridgehead atoms. The van der Waals surface area contributed by atoms with Gasteiger partial charge in [0.05, 0.1) is 0 Å². The molecule has 0 amide bonds. The number of allylic oxidation sites excluding steroid dienone is 5. The molecule has 12 heavy (non-hydrogen) atoms. The number of hydrogen-bond donors (Lipinski definition) is 0. The third kappa shape index (κ3) is 4.12. The average Bonchev–Trinajstić information content (AvgIpc) is 2.04. The van der Waals surface area contributed by atoms with Gasteiger partial charge in [-0.2, -0.15) is 0 Å². The normalized spacial score (nSPS) is 15.2. The molecule has 1 atom stereocenters.